The fraction of sp³-hybridized carbons (Fsp3) is 0.471. The van der Waals surface area contributed by atoms with Crippen LogP contribution in [0.3, 0.4) is 0 Å². The second-order valence-corrected chi connectivity index (χ2v) is 8.82. The second kappa shape index (κ2) is 6.01. The normalized spacial score (nSPS) is 29.1. The molecule has 1 aromatic rings. The van der Waals surface area contributed by atoms with Gasteiger partial charge in [-0.15, -0.1) is 0 Å². The van der Waals surface area contributed by atoms with E-state index in [0.29, 0.717) is 24.9 Å². The molecule has 0 N–H and O–H groups in total. The maximum absolute atomic E-state index is 11.4. The SMILES string of the molecule is CS(=O)(=O)CCN1[C@@H]2C=C[C@H]1CC(C#N)(c1cncc(C#N)c1)C2. The first-order chi connectivity index (χ1) is 11.4. The lowest BCUT2D eigenvalue weighted by Crippen LogP contribution is -2.51. The number of hydrogen-bond acceptors (Lipinski definition) is 6. The lowest BCUT2D eigenvalue weighted by Gasteiger charge is -2.43. The standard InChI is InChI=1S/C17H18N4O2S/c1-24(22,23)5-4-21-15-2-3-16(21)8-17(7-15,12-19)14-6-13(9-18)10-20-11-14/h2-3,6,10-11,15-16H,4-5,7-8H2,1H3/t15-,16+,17?. The zero-order valence-electron chi connectivity index (χ0n) is 13.4. The molecule has 7 heteroatoms. The zero-order valence-corrected chi connectivity index (χ0v) is 14.2. The molecule has 3 atom stereocenters. The van der Waals surface area contributed by atoms with E-state index < -0.39 is 15.3 Å². The summed E-state index contributed by atoms with van der Waals surface area (Å²) in [6, 6.07) is 6.32. The van der Waals surface area contributed by atoms with Crippen molar-refractivity contribution in [2.24, 2.45) is 0 Å². The first-order valence-corrected chi connectivity index (χ1v) is 9.82. The van der Waals surface area contributed by atoms with Crippen molar-refractivity contribution < 1.29 is 8.42 Å². The summed E-state index contributed by atoms with van der Waals surface area (Å²) in [5, 5.41) is 18.9. The summed E-state index contributed by atoms with van der Waals surface area (Å²) in [5.41, 5.74) is 0.521. The molecule has 0 spiro atoms. The van der Waals surface area contributed by atoms with Crippen molar-refractivity contribution in [3.05, 3.63) is 41.7 Å². The van der Waals surface area contributed by atoms with E-state index in [4.69, 9.17) is 5.26 Å². The summed E-state index contributed by atoms with van der Waals surface area (Å²) in [6.07, 6.45) is 9.68. The number of pyridine rings is 1. The van der Waals surface area contributed by atoms with Crippen molar-refractivity contribution in [2.45, 2.75) is 30.3 Å². The molecule has 0 amide bonds. The van der Waals surface area contributed by atoms with Gasteiger partial charge in [-0.25, -0.2) is 8.42 Å². The van der Waals surface area contributed by atoms with E-state index in [1.165, 1.54) is 12.5 Å². The van der Waals surface area contributed by atoms with Gasteiger partial charge in [-0.2, -0.15) is 10.5 Å². The van der Waals surface area contributed by atoms with Crippen LogP contribution in [0, 0.1) is 22.7 Å². The third-order valence-electron chi connectivity index (χ3n) is 4.88. The summed E-state index contributed by atoms with van der Waals surface area (Å²) in [5.74, 6) is 0.118. The van der Waals surface area contributed by atoms with Gasteiger partial charge in [-0.1, -0.05) is 12.2 Å². The predicted octanol–water partition coefficient (Wildman–Crippen LogP) is 1.16. The fourth-order valence-electron chi connectivity index (χ4n) is 3.65. The number of sulfone groups is 1. The van der Waals surface area contributed by atoms with Gasteiger partial charge in [0.05, 0.1) is 22.8 Å². The largest absolute Gasteiger partial charge is 0.289 e. The van der Waals surface area contributed by atoms with E-state index in [9.17, 15) is 13.7 Å². The van der Waals surface area contributed by atoms with Gasteiger partial charge >= 0.3 is 0 Å². The predicted molar refractivity (Wildman–Crippen MR) is 88.6 cm³/mol. The molecule has 1 saturated heterocycles. The van der Waals surface area contributed by atoms with Crippen molar-refractivity contribution in [2.75, 3.05) is 18.6 Å². The maximum Gasteiger partial charge on any atom is 0.148 e. The van der Waals surface area contributed by atoms with E-state index in [2.05, 4.69) is 34.2 Å². The Morgan fingerprint density at radius 2 is 1.96 bits per heavy atom. The molecule has 6 nitrogen and oxygen atoms in total. The van der Waals surface area contributed by atoms with Gasteiger partial charge in [-0.3, -0.25) is 9.88 Å². The minimum atomic E-state index is -3.02. The van der Waals surface area contributed by atoms with Gasteiger partial charge < -0.3 is 0 Å². The smallest absolute Gasteiger partial charge is 0.148 e. The van der Waals surface area contributed by atoms with E-state index in [1.807, 2.05) is 0 Å². The number of nitrogens with zero attached hydrogens (tertiary/aromatic N) is 4. The molecule has 3 rings (SSSR count). The molecule has 2 aliphatic heterocycles. The van der Waals surface area contributed by atoms with Gasteiger partial charge in [0, 0.05) is 37.3 Å². The number of hydrogen-bond donors (Lipinski definition) is 0. The lowest BCUT2D eigenvalue weighted by atomic mass is 9.71. The van der Waals surface area contributed by atoms with Crippen molar-refractivity contribution in [1.29, 1.82) is 10.5 Å². The summed E-state index contributed by atoms with van der Waals surface area (Å²) < 4.78 is 22.9. The number of rotatable bonds is 4. The molecule has 1 unspecified atom stereocenters. The summed E-state index contributed by atoms with van der Waals surface area (Å²) >= 11 is 0. The van der Waals surface area contributed by atoms with Crippen LogP contribution in [0.15, 0.2) is 30.6 Å². The fourth-order valence-corrected chi connectivity index (χ4v) is 4.19. The molecule has 24 heavy (non-hydrogen) atoms. The Hall–Kier alpha value is -2.22. The molecule has 0 aliphatic carbocycles. The Morgan fingerprint density at radius 3 is 2.50 bits per heavy atom. The molecule has 0 radical (unpaired) electrons. The van der Waals surface area contributed by atoms with Crippen LogP contribution >= 0.6 is 0 Å². The highest BCUT2D eigenvalue weighted by molar-refractivity contribution is 7.90. The first kappa shape index (κ1) is 16.6. The Kier molecular flexibility index (Phi) is 4.16. The Balaban J connectivity index is 1.85. The van der Waals surface area contributed by atoms with Crippen LogP contribution in [0.5, 0.6) is 0 Å². The number of fused-ring (bicyclic) bond motifs is 2. The maximum atomic E-state index is 11.4. The van der Waals surface area contributed by atoms with Gasteiger partial charge in [0.25, 0.3) is 0 Å². The third-order valence-corrected chi connectivity index (χ3v) is 5.80. The monoisotopic (exact) mass is 342 g/mol. The quantitative estimate of drug-likeness (QED) is 0.762. The van der Waals surface area contributed by atoms with Crippen LogP contribution in [-0.4, -0.2) is 48.9 Å². The summed E-state index contributed by atoms with van der Waals surface area (Å²) in [7, 11) is -3.02. The van der Waals surface area contributed by atoms with E-state index in [-0.39, 0.29) is 17.8 Å². The van der Waals surface area contributed by atoms with Gasteiger partial charge in [0.15, 0.2) is 0 Å². The minimum absolute atomic E-state index is 0.0379. The average Bonchev–Trinajstić information content (AvgIpc) is 2.81. The van der Waals surface area contributed by atoms with Crippen LogP contribution in [0.1, 0.15) is 24.0 Å². The molecular formula is C17H18N4O2S. The van der Waals surface area contributed by atoms with Crippen molar-refractivity contribution in [3.63, 3.8) is 0 Å². The van der Waals surface area contributed by atoms with E-state index in [0.717, 1.165) is 5.56 Å². The van der Waals surface area contributed by atoms with Crippen LogP contribution in [-0.2, 0) is 15.3 Å². The Bertz CT molecular complexity index is 847. The highest BCUT2D eigenvalue weighted by atomic mass is 32.2. The number of piperidine rings is 1. The van der Waals surface area contributed by atoms with Crippen molar-refractivity contribution >= 4 is 9.84 Å². The summed E-state index contributed by atoms with van der Waals surface area (Å²) in [6.45, 7) is 0.471. The van der Waals surface area contributed by atoms with E-state index in [1.54, 1.807) is 12.3 Å². The first-order valence-electron chi connectivity index (χ1n) is 7.75. The van der Waals surface area contributed by atoms with Crippen molar-refractivity contribution in [1.82, 2.24) is 9.88 Å². The zero-order chi connectivity index (χ0) is 17.4. The Labute approximate surface area is 141 Å². The molecule has 1 aromatic heterocycles. The molecule has 124 valence electrons. The van der Waals surface area contributed by atoms with Crippen LogP contribution in [0.4, 0.5) is 0 Å². The van der Waals surface area contributed by atoms with Gasteiger partial charge in [-0.05, 0) is 24.5 Å². The molecular weight excluding hydrogens is 324 g/mol. The topological polar surface area (TPSA) is 97.8 Å². The number of nitriles is 2. The highest BCUT2D eigenvalue weighted by Crippen LogP contribution is 2.44. The molecule has 0 aromatic carbocycles. The van der Waals surface area contributed by atoms with Gasteiger partial charge in [0.2, 0.25) is 0 Å². The van der Waals surface area contributed by atoms with Crippen LogP contribution < -0.4 is 0 Å². The molecule has 0 saturated carbocycles. The minimum Gasteiger partial charge on any atom is -0.289 e. The van der Waals surface area contributed by atoms with Gasteiger partial charge in [0.1, 0.15) is 15.9 Å². The number of aromatic nitrogens is 1. The van der Waals surface area contributed by atoms with Crippen molar-refractivity contribution in [3.8, 4) is 12.1 Å². The summed E-state index contributed by atoms with van der Waals surface area (Å²) in [4.78, 5) is 6.25. The van der Waals surface area contributed by atoms with Crippen LogP contribution in [0.25, 0.3) is 0 Å². The second-order valence-electron chi connectivity index (χ2n) is 6.56. The van der Waals surface area contributed by atoms with Crippen LogP contribution in [0.2, 0.25) is 0 Å². The molecule has 2 aliphatic rings. The average molecular weight is 342 g/mol. The van der Waals surface area contributed by atoms with E-state index >= 15 is 0 Å². The highest BCUT2D eigenvalue weighted by Gasteiger charge is 2.47. The third kappa shape index (κ3) is 3.06. The molecule has 3 heterocycles. The molecule has 1 fully saturated rings. The lowest BCUT2D eigenvalue weighted by molar-refractivity contribution is 0.126. The Morgan fingerprint density at radius 1 is 1.29 bits per heavy atom. The molecule has 2 bridgehead atoms.